The van der Waals surface area contributed by atoms with Gasteiger partial charge in [0.25, 0.3) is 0 Å². The Hall–Kier alpha value is -1.63. The lowest BCUT2D eigenvalue weighted by Gasteiger charge is -2.22. The molecule has 122 valence electrons. The van der Waals surface area contributed by atoms with Crippen LogP contribution in [-0.2, 0) is 4.79 Å². The molecule has 0 N–H and O–H groups in total. The second-order valence-corrected chi connectivity index (χ2v) is 5.68. The first kappa shape index (κ1) is 20.4. The largest absolute Gasteiger partial charge is 0.299 e. The second kappa shape index (κ2) is 12.0. The molecule has 1 aliphatic rings. The fourth-order valence-corrected chi connectivity index (χ4v) is 2.49. The first-order valence-corrected chi connectivity index (χ1v) is 8.39. The fourth-order valence-electron chi connectivity index (χ4n) is 2.49. The summed E-state index contributed by atoms with van der Waals surface area (Å²) < 4.78 is 0. The van der Waals surface area contributed by atoms with Crippen molar-refractivity contribution >= 4 is 6.29 Å². The lowest BCUT2D eigenvalue weighted by atomic mass is 9.84. The van der Waals surface area contributed by atoms with Crippen LogP contribution in [0.1, 0.15) is 60.8 Å². The maximum absolute atomic E-state index is 10.3. The van der Waals surface area contributed by atoms with Crippen molar-refractivity contribution in [2.45, 2.75) is 60.8 Å². The Morgan fingerprint density at radius 1 is 1.09 bits per heavy atom. The number of hydrogen-bond donors (Lipinski definition) is 0. The van der Waals surface area contributed by atoms with Gasteiger partial charge in [0.15, 0.2) is 0 Å². The molecule has 1 aliphatic carbocycles. The Morgan fingerprint density at radius 3 is 2.32 bits per heavy atom. The summed E-state index contributed by atoms with van der Waals surface area (Å²) >= 11 is 0. The van der Waals surface area contributed by atoms with E-state index in [1.165, 1.54) is 36.0 Å². The average molecular weight is 300 g/mol. The van der Waals surface area contributed by atoms with Crippen molar-refractivity contribution < 1.29 is 4.79 Å². The van der Waals surface area contributed by atoms with E-state index in [0.717, 1.165) is 11.9 Å². The number of carbonyl (C=O) groups excluding carboxylic acids is 1. The van der Waals surface area contributed by atoms with Gasteiger partial charge in [0.2, 0.25) is 0 Å². The average Bonchev–Trinajstić information content (AvgIpc) is 2.49. The molecule has 22 heavy (non-hydrogen) atoms. The smallest absolute Gasteiger partial charge is 0.143 e. The Morgan fingerprint density at radius 2 is 1.73 bits per heavy atom. The minimum absolute atomic E-state index is 0.682. The highest BCUT2D eigenvalue weighted by molar-refractivity contribution is 5.66. The number of carbonyl (C=O) groups is 1. The van der Waals surface area contributed by atoms with Gasteiger partial charge in [0.1, 0.15) is 6.29 Å². The highest BCUT2D eigenvalue weighted by Crippen LogP contribution is 2.30. The van der Waals surface area contributed by atoms with E-state index in [1.807, 2.05) is 32.9 Å². The van der Waals surface area contributed by atoms with Crippen molar-refractivity contribution in [3.8, 4) is 0 Å². The van der Waals surface area contributed by atoms with Gasteiger partial charge in [-0.15, -0.1) is 0 Å². The van der Waals surface area contributed by atoms with Gasteiger partial charge < -0.3 is 0 Å². The molecule has 1 heteroatoms. The molecular formula is C21H32O. The van der Waals surface area contributed by atoms with Gasteiger partial charge in [0, 0.05) is 0 Å². The van der Waals surface area contributed by atoms with Crippen LogP contribution in [-0.4, -0.2) is 6.29 Å². The van der Waals surface area contributed by atoms with E-state index >= 15 is 0 Å². The molecule has 0 aromatic rings. The second-order valence-electron chi connectivity index (χ2n) is 5.68. The minimum atomic E-state index is 0.682. The highest BCUT2D eigenvalue weighted by atomic mass is 16.1. The molecule has 0 aliphatic heterocycles. The summed E-state index contributed by atoms with van der Waals surface area (Å²) in [5.74, 6) is 0.682. The first-order valence-electron chi connectivity index (χ1n) is 8.39. The summed E-state index contributed by atoms with van der Waals surface area (Å²) in [7, 11) is 0. The van der Waals surface area contributed by atoms with E-state index in [0.29, 0.717) is 5.92 Å². The van der Waals surface area contributed by atoms with Crippen LogP contribution in [0, 0.1) is 5.92 Å². The standard InChI is InChI=1S/C19H26O.C2H6/c1-15(7-5-8-16(2)13-14-20)11-12-19-17(3)9-6-10-18(19)4;1-2/h5,7-8,11-14,17H,6,9-10H2,1-4H3;1-2H3/b8-5-,12-11+,15-7+,16-13+;. The van der Waals surface area contributed by atoms with Crippen LogP contribution >= 0.6 is 0 Å². The van der Waals surface area contributed by atoms with Crippen molar-refractivity contribution in [2.75, 3.05) is 0 Å². The zero-order chi connectivity index (χ0) is 17.0. The van der Waals surface area contributed by atoms with Gasteiger partial charge in [-0.25, -0.2) is 0 Å². The van der Waals surface area contributed by atoms with Crippen molar-refractivity contribution in [2.24, 2.45) is 5.92 Å². The molecule has 0 bridgehead atoms. The van der Waals surface area contributed by atoms with Crippen LogP contribution < -0.4 is 0 Å². The number of aldehydes is 1. The molecule has 0 saturated carbocycles. The van der Waals surface area contributed by atoms with E-state index in [4.69, 9.17) is 0 Å². The van der Waals surface area contributed by atoms with Gasteiger partial charge >= 0.3 is 0 Å². The fraction of sp³-hybridized carbons (Fsp3) is 0.476. The van der Waals surface area contributed by atoms with Gasteiger partial charge in [-0.05, 0) is 63.2 Å². The Labute approximate surface area is 137 Å². The van der Waals surface area contributed by atoms with Crippen LogP contribution in [0.15, 0.2) is 58.7 Å². The normalized spacial score (nSPS) is 20.4. The predicted molar refractivity (Wildman–Crippen MR) is 98.9 cm³/mol. The number of hydrogen-bond acceptors (Lipinski definition) is 1. The molecule has 0 amide bonds. The molecule has 0 heterocycles. The van der Waals surface area contributed by atoms with E-state index in [9.17, 15) is 4.79 Å². The predicted octanol–water partition coefficient (Wildman–Crippen LogP) is 6.35. The molecule has 0 saturated heterocycles. The molecule has 1 unspecified atom stereocenters. The van der Waals surface area contributed by atoms with Crippen molar-refractivity contribution in [3.63, 3.8) is 0 Å². The number of allylic oxidation sites excluding steroid dienone is 10. The van der Waals surface area contributed by atoms with Crippen LogP contribution in [0.5, 0.6) is 0 Å². The molecule has 1 rings (SSSR count). The molecular weight excluding hydrogens is 268 g/mol. The first-order chi connectivity index (χ1) is 10.5. The third kappa shape index (κ3) is 7.97. The SMILES string of the molecule is CC.CC1=C(/C=C/C(C)=C/C=C\C(C)=C\C=O)C(C)CCC1. The van der Waals surface area contributed by atoms with Crippen molar-refractivity contribution in [1.29, 1.82) is 0 Å². The zero-order valence-corrected chi connectivity index (χ0v) is 15.1. The lowest BCUT2D eigenvalue weighted by Crippen LogP contribution is -2.06. The van der Waals surface area contributed by atoms with E-state index < -0.39 is 0 Å². The maximum Gasteiger partial charge on any atom is 0.143 e. The van der Waals surface area contributed by atoms with E-state index in [2.05, 4.69) is 39.0 Å². The Balaban J connectivity index is 0.00000211. The van der Waals surface area contributed by atoms with Gasteiger partial charge in [0.05, 0.1) is 0 Å². The van der Waals surface area contributed by atoms with Crippen LogP contribution in [0.4, 0.5) is 0 Å². The summed E-state index contributed by atoms with van der Waals surface area (Å²) in [5.41, 5.74) is 5.23. The van der Waals surface area contributed by atoms with Gasteiger partial charge in [-0.2, -0.15) is 0 Å². The van der Waals surface area contributed by atoms with Crippen LogP contribution in [0.25, 0.3) is 0 Å². The third-order valence-corrected chi connectivity index (χ3v) is 3.79. The van der Waals surface area contributed by atoms with Crippen molar-refractivity contribution in [1.82, 2.24) is 0 Å². The summed E-state index contributed by atoms with van der Waals surface area (Å²) in [6.45, 7) is 12.6. The van der Waals surface area contributed by atoms with Gasteiger partial charge in [-0.3, -0.25) is 4.79 Å². The molecule has 0 aromatic heterocycles. The van der Waals surface area contributed by atoms with Crippen LogP contribution in [0.3, 0.4) is 0 Å². The monoisotopic (exact) mass is 300 g/mol. The topological polar surface area (TPSA) is 17.1 Å². The zero-order valence-electron chi connectivity index (χ0n) is 15.1. The lowest BCUT2D eigenvalue weighted by molar-refractivity contribution is -0.104. The quantitative estimate of drug-likeness (QED) is 0.328. The Kier molecular flexibility index (Phi) is 11.1. The molecule has 0 fully saturated rings. The van der Waals surface area contributed by atoms with E-state index in [-0.39, 0.29) is 0 Å². The van der Waals surface area contributed by atoms with Crippen LogP contribution in [0.2, 0.25) is 0 Å². The summed E-state index contributed by atoms with van der Waals surface area (Å²) in [5, 5.41) is 0. The maximum atomic E-state index is 10.3. The highest BCUT2D eigenvalue weighted by Gasteiger charge is 2.14. The van der Waals surface area contributed by atoms with Gasteiger partial charge in [-0.1, -0.05) is 62.3 Å². The van der Waals surface area contributed by atoms with E-state index in [1.54, 1.807) is 6.08 Å². The summed E-state index contributed by atoms with van der Waals surface area (Å²) in [6, 6.07) is 0. The third-order valence-electron chi connectivity index (χ3n) is 3.79. The Bertz CT molecular complexity index is 484. The molecule has 1 atom stereocenters. The molecule has 0 radical (unpaired) electrons. The summed E-state index contributed by atoms with van der Waals surface area (Å²) in [4.78, 5) is 10.3. The molecule has 0 aromatic carbocycles. The number of rotatable bonds is 5. The summed E-state index contributed by atoms with van der Waals surface area (Å²) in [6.07, 6.45) is 16.7. The molecule has 0 spiro atoms. The minimum Gasteiger partial charge on any atom is -0.299 e. The molecule has 1 nitrogen and oxygen atoms in total. The van der Waals surface area contributed by atoms with Crippen molar-refractivity contribution in [3.05, 3.63) is 58.7 Å².